The van der Waals surface area contributed by atoms with Gasteiger partial charge in [-0.15, -0.1) is 0 Å². The number of hydrogen-bond donors (Lipinski definition) is 0. The molecule has 0 spiro atoms. The zero-order valence-corrected chi connectivity index (χ0v) is 12.1. The van der Waals surface area contributed by atoms with Gasteiger partial charge in [-0.1, -0.05) is 25.7 Å². The van der Waals surface area contributed by atoms with Crippen LogP contribution in [-0.2, 0) is 11.9 Å². The molecule has 2 N–H and O–H groups in total. The summed E-state index contributed by atoms with van der Waals surface area (Å²) in [7, 11) is 20.0. The summed E-state index contributed by atoms with van der Waals surface area (Å²) in [6.07, 6.45) is 4.25. The summed E-state index contributed by atoms with van der Waals surface area (Å²) >= 11 is -3.06. The van der Waals surface area contributed by atoms with Crippen LogP contribution in [0.1, 0.15) is 25.7 Å². The van der Waals surface area contributed by atoms with Crippen molar-refractivity contribution in [3.8, 4) is 0 Å². The smallest absolute Gasteiger partial charge is 0.0548 e. The molecular formula is C6H12Cl4N2Pt. The second-order valence-corrected chi connectivity index (χ2v) is 22.5. The van der Waals surface area contributed by atoms with Gasteiger partial charge < -0.3 is 11.5 Å². The fourth-order valence-corrected chi connectivity index (χ4v) is 1.13. The molecule has 1 unspecified atom stereocenters. The van der Waals surface area contributed by atoms with E-state index in [1.54, 1.807) is 0 Å². The van der Waals surface area contributed by atoms with Crippen molar-refractivity contribution in [1.82, 2.24) is 0 Å². The van der Waals surface area contributed by atoms with E-state index in [9.17, 15) is 0 Å². The Morgan fingerprint density at radius 3 is 1.23 bits per heavy atom. The first-order chi connectivity index (χ1) is 5.80. The molecule has 0 bridgehead atoms. The maximum Gasteiger partial charge on any atom is -0.0548 e. The first-order valence-electron chi connectivity index (χ1n) is 3.71. The molecule has 0 aliphatic heterocycles. The average Bonchev–Trinajstić information content (AvgIpc) is 1.92. The van der Waals surface area contributed by atoms with E-state index in [2.05, 4.69) is 0 Å². The van der Waals surface area contributed by atoms with Crippen molar-refractivity contribution in [2.24, 2.45) is 0 Å². The second-order valence-electron chi connectivity index (χ2n) is 2.77. The number of hydrogen-bond acceptors (Lipinski definition) is 0. The Hall–Kier alpha value is 1.77. The molecule has 0 aromatic carbocycles. The van der Waals surface area contributed by atoms with Gasteiger partial charge in [0.2, 0.25) is 0 Å². The van der Waals surface area contributed by atoms with Gasteiger partial charge in [0.15, 0.2) is 0 Å². The topological polar surface area (TPSA) is 47.6 Å². The molecule has 0 aromatic heterocycles. The Morgan fingerprint density at radius 1 is 0.846 bits per heavy atom. The maximum atomic E-state index is 7.29. The number of nitrogens with one attached hydrogen (secondary N) is 2. The van der Waals surface area contributed by atoms with Crippen molar-refractivity contribution < 1.29 is 11.9 Å². The van der Waals surface area contributed by atoms with Crippen molar-refractivity contribution in [3.63, 3.8) is 0 Å². The van der Waals surface area contributed by atoms with Crippen molar-refractivity contribution in [1.29, 1.82) is 0 Å². The van der Waals surface area contributed by atoms with Gasteiger partial charge in [-0.3, -0.25) is 0 Å². The van der Waals surface area contributed by atoms with Crippen LogP contribution in [0.2, 0.25) is 0 Å². The van der Waals surface area contributed by atoms with Gasteiger partial charge in [-0.05, 0) is 0 Å². The Morgan fingerprint density at radius 2 is 1.08 bits per heavy atom. The molecule has 1 aliphatic rings. The van der Waals surface area contributed by atoms with Crippen LogP contribution in [0, 0.1) is 0 Å². The normalized spacial score (nSPS) is 30.3. The van der Waals surface area contributed by atoms with Crippen LogP contribution in [0.5, 0.6) is 0 Å². The van der Waals surface area contributed by atoms with Crippen LogP contribution in [0.15, 0.2) is 0 Å². The molecule has 13 heavy (non-hydrogen) atoms. The van der Waals surface area contributed by atoms with Crippen LogP contribution in [0.3, 0.4) is 0 Å². The average molecular weight is 449 g/mol. The quantitative estimate of drug-likeness (QED) is 0.491. The first kappa shape index (κ1) is 14.8. The van der Waals surface area contributed by atoms with Crippen molar-refractivity contribution in [2.75, 3.05) is 0 Å². The zero-order valence-electron chi connectivity index (χ0n) is 6.81. The summed E-state index contributed by atoms with van der Waals surface area (Å²) in [5.41, 5.74) is 14.6. The van der Waals surface area contributed by atoms with E-state index in [-0.39, 0.29) is 12.1 Å². The van der Waals surface area contributed by atoms with E-state index < -0.39 is 11.9 Å². The third-order valence-corrected chi connectivity index (χ3v) is 1.77. The molecule has 0 amide bonds. The molecule has 2 atom stereocenters. The van der Waals surface area contributed by atoms with Gasteiger partial charge in [0.05, 0.1) is 0 Å². The fraction of sp³-hybridized carbons (Fsp3) is 1.00. The van der Waals surface area contributed by atoms with Gasteiger partial charge in [0, 0.05) is 0 Å². The van der Waals surface area contributed by atoms with Gasteiger partial charge in [0.1, 0.15) is 0 Å². The number of halogens is 4. The number of rotatable bonds is 0. The molecule has 1 saturated carbocycles. The molecule has 7 heteroatoms. The molecule has 1 rings (SSSR count). The van der Waals surface area contributed by atoms with Crippen LogP contribution in [0.4, 0.5) is 0 Å². The van der Waals surface area contributed by atoms with Crippen LogP contribution < -0.4 is 0 Å². The van der Waals surface area contributed by atoms with E-state index in [0.717, 1.165) is 12.8 Å². The molecule has 84 valence electrons. The second kappa shape index (κ2) is 7.11. The maximum absolute atomic E-state index is 7.29. The molecule has 0 heterocycles. The van der Waals surface area contributed by atoms with E-state index in [4.69, 9.17) is 49.1 Å². The molecular weight excluding hydrogens is 437 g/mol. The molecule has 1 fully saturated rings. The summed E-state index contributed by atoms with van der Waals surface area (Å²) in [4.78, 5) is 0. The fourth-order valence-electron chi connectivity index (χ4n) is 1.13. The Bertz CT molecular complexity index is 125. The minimum absolute atomic E-state index is 0.0799. The minimum Gasteiger partial charge on any atom is -0.676 e. The SMILES string of the molecule is [Cl][Pt+2]([Cl])([Cl])[Cl].[NH-]C1CCCC[C@H]1[NH-]. The van der Waals surface area contributed by atoms with Crippen LogP contribution in [-0.4, -0.2) is 12.1 Å². The molecule has 0 aromatic rings. The van der Waals surface area contributed by atoms with Gasteiger partial charge in [-0.2, -0.15) is 12.1 Å². The zero-order chi connectivity index (χ0) is 10.5. The summed E-state index contributed by atoms with van der Waals surface area (Å²) in [6.45, 7) is 0. The van der Waals surface area contributed by atoms with E-state index in [0.29, 0.717) is 0 Å². The Labute approximate surface area is 98.1 Å². The van der Waals surface area contributed by atoms with Crippen molar-refractivity contribution in [3.05, 3.63) is 11.5 Å². The largest absolute Gasteiger partial charge is 0.676 e. The third-order valence-electron chi connectivity index (χ3n) is 1.77. The van der Waals surface area contributed by atoms with Gasteiger partial charge in [0.25, 0.3) is 0 Å². The minimum atomic E-state index is -3.06. The third kappa shape index (κ3) is 11.7. The van der Waals surface area contributed by atoms with Gasteiger partial charge in [-0.25, -0.2) is 0 Å². The predicted molar refractivity (Wildman–Crippen MR) is 58.1 cm³/mol. The summed E-state index contributed by atoms with van der Waals surface area (Å²) < 4.78 is 0. The van der Waals surface area contributed by atoms with E-state index >= 15 is 0 Å². The first-order valence-corrected chi connectivity index (χ1v) is 15.0. The summed E-state index contributed by atoms with van der Waals surface area (Å²) in [5.74, 6) is 0. The van der Waals surface area contributed by atoms with Crippen LogP contribution in [0.25, 0.3) is 11.5 Å². The van der Waals surface area contributed by atoms with E-state index in [1.165, 1.54) is 12.8 Å². The summed E-state index contributed by atoms with van der Waals surface area (Å²) in [6, 6.07) is -0.160. The monoisotopic (exact) mass is 447 g/mol. The molecule has 2 nitrogen and oxygen atoms in total. The van der Waals surface area contributed by atoms with Crippen molar-refractivity contribution in [2.45, 2.75) is 37.8 Å². The Balaban J connectivity index is 0.000000252. The molecule has 1 aliphatic carbocycles. The molecule has 0 radical (unpaired) electrons. The molecule has 0 saturated heterocycles. The summed E-state index contributed by atoms with van der Waals surface area (Å²) in [5, 5.41) is 0. The standard InChI is InChI=1S/C6H12N2.4ClH.Pt/c7-5-3-1-2-4-6(5)8;;;;;/h5-8H,1-4H2;4*1H;/q-2;;;;;+6/p-4/t5-,6?;;;;;/m1...../s1. The van der Waals surface area contributed by atoms with Crippen molar-refractivity contribution >= 4 is 37.7 Å². The van der Waals surface area contributed by atoms with Crippen LogP contribution >= 0.6 is 37.7 Å². The Kier molecular flexibility index (Phi) is 8.08. The van der Waals surface area contributed by atoms with E-state index in [1.807, 2.05) is 0 Å². The van der Waals surface area contributed by atoms with Gasteiger partial charge >= 0.3 is 49.6 Å². The predicted octanol–water partition coefficient (Wildman–Crippen LogP) is 5.16.